The van der Waals surface area contributed by atoms with Crippen LogP contribution in [0.1, 0.15) is 23.1 Å². The van der Waals surface area contributed by atoms with E-state index >= 15 is 0 Å². The Balaban J connectivity index is 1.73. The molecule has 2 rings (SSSR count). The molecular weight excluding hydrogens is 260 g/mol. The number of amides is 1. The monoisotopic (exact) mass is 282 g/mol. The molecule has 0 bridgehead atoms. The molecule has 0 heterocycles. The molecule has 0 saturated carbocycles. The zero-order valence-corrected chi connectivity index (χ0v) is 12.2. The predicted octanol–water partition coefficient (Wildman–Crippen LogP) is 2.44. The number of carbonyl (C=O) groups excluding carboxylic acids is 1. The van der Waals surface area contributed by atoms with Crippen molar-refractivity contribution in [3.8, 4) is 0 Å². The molecule has 2 aromatic rings. The van der Waals surface area contributed by atoms with Crippen LogP contribution in [0.15, 0.2) is 54.6 Å². The molecule has 110 valence electrons. The van der Waals surface area contributed by atoms with E-state index in [1.165, 1.54) is 11.1 Å². The molecule has 0 unspecified atom stereocenters. The van der Waals surface area contributed by atoms with Gasteiger partial charge in [-0.25, -0.2) is 0 Å². The van der Waals surface area contributed by atoms with Crippen LogP contribution in [0.25, 0.3) is 0 Å². The lowest BCUT2D eigenvalue weighted by molar-refractivity contribution is -0.121. The normalized spacial score (nSPS) is 10.3. The molecular formula is C18H22N2O. The summed E-state index contributed by atoms with van der Waals surface area (Å²) < 4.78 is 0. The Kier molecular flexibility index (Phi) is 5.98. The molecule has 21 heavy (non-hydrogen) atoms. The van der Waals surface area contributed by atoms with E-state index in [1.54, 1.807) is 0 Å². The minimum absolute atomic E-state index is 0.0879. The number of benzene rings is 2. The van der Waals surface area contributed by atoms with Crippen LogP contribution in [0.2, 0.25) is 0 Å². The fourth-order valence-electron chi connectivity index (χ4n) is 2.18. The molecule has 3 heteroatoms. The lowest BCUT2D eigenvalue weighted by Crippen LogP contribution is -2.23. The Hall–Kier alpha value is -2.13. The Labute approximate surface area is 126 Å². The van der Waals surface area contributed by atoms with Crippen LogP contribution in [-0.2, 0) is 24.2 Å². The van der Waals surface area contributed by atoms with Gasteiger partial charge in [0.1, 0.15) is 0 Å². The molecule has 3 nitrogen and oxygen atoms in total. The smallest absolute Gasteiger partial charge is 0.220 e. The molecule has 1 amide bonds. The highest BCUT2D eigenvalue weighted by molar-refractivity contribution is 5.76. The van der Waals surface area contributed by atoms with Crippen LogP contribution in [-0.4, -0.2) is 12.5 Å². The van der Waals surface area contributed by atoms with Gasteiger partial charge in [0.15, 0.2) is 0 Å². The quantitative estimate of drug-likeness (QED) is 0.819. The van der Waals surface area contributed by atoms with Crippen molar-refractivity contribution < 1.29 is 4.79 Å². The third kappa shape index (κ3) is 5.40. The fourth-order valence-corrected chi connectivity index (χ4v) is 2.18. The van der Waals surface area contributed by atoms with Gasteiger partial charge in [-0.15, -0.1) is 0 Å². The predicted molar refractivity (Wildman–Crippen MR) is 85.8 cm³/mol. The standard InChI is InChI=1S/C18H22N2O/c19-13-12-16-6-8-17(9-7-16)14-20-18(21)11-10-15-4-2-1-3-5-15/h1-9H,10-14,19H2,(H,20,21). The fraction of sp³-hybridized carbons (Fsp3) is 0.278. The Morgan fingerprint density at radius 3 is 2.14 bits per heavy atom. The number of hydrogen-bond acceptors (Lipinski definition) is 2. The largest absolute Gasteiger partial charge is 0.352 e. The summed E-state index contributed by atoms with van der Waals surface area (Å²) in [4.78, 5) is 11.8. The number of aryl methyl sites for hydroxylation is 1. The van der Waals surface area contributed by atoms with Crippen molar-refractivity contribution in [1.29, 1.82) is 0 Å². The second-order valence-electron chi connectivity index (χ2n) is 5.12. The summed E-state index contributed by atoms with van der Waals surface area (Å²) in [6.07, 6.45) is 2.20. The van der Waals surface area contributed by atoms with Gasteiger partial charge in [-0.2, -0.15) is 0 Å². The lowest BCUT2D eigenvalue weighted by Gasteiger charge is -2.06. The summed E-state index contributed by atoms with van der Waals surface area (Å²) >= 11 is 0. The van der Waals surface area contributed by atoms with E-state index in [2.05, 4.69) is 17.4 Å². The van der Waals surface area contributed by atoms with Crippen molar-refractivity contribution in [1.82, 2.24) is 5.32 Å². The number of nitrogens with two attached hydrogens (primary N) is 1. The lowest BCUT2D eigenvalue weighted by atomic mass is 10.1. The average molecular weight is 282 g/mol. The highest BCUT2D eigenvalue weighted by Crippen LogP contribution is 2.05. The van der Waals surface area contributed by atoms with Gasteiger partial charge >= 0.3 is 0 Å². The van der Waals surface area contributed by atoms with E-state index in [-0.39, 0.29) is 5.91 Å². The number of carbonyl (C=O) groups is 1. The van der Waals surface area contributed by atoms with Crippen molar-refractivity contribution in [2.24, 2.45) is 5.73 Å². The SMILES string of the molecule is NCCc1ccc(CNC(=O)CCc2ccccc2)cc1. The maximum absolute atomic E-state index is 11.8. The highest BCUT2D eigenvalue weighted by Gasteiger charge is 2.02. The minimum atomic E-state index is 0.0879. The van der Waals surface area contributed by atoms with Gasteiger partial charge in [0.05, 0.1) is 0 Å². The third-order valence-corrected chi connectivity index (χ3v) is 3.43. The van der Waals surface area contributed by atoms with Crippen molar-refractivity contribution in [3.63, 3.8) is 0 Å². The first-order valence-corrected chi connectivity index (χ1v) is 7.36. The molecule has 0 spiro atoms. The van der Waals surface area contributed by atoms with Crippen molar-refractivity contribution in [3.05, 3.63) is 71.3 Å². The van der Waals surface area contributed by atoms with Crippen LogP contribution in [0, 0.1) is 0 Å². The Morgan fingerprint density at radius 2 is 1.48 bits per heavy atom. The van der Waals surface area contributed by atoms with Gasteiger partial charge in [0.2, 0.25) is 5.91 Å². The van der Waals surface area contributed by atoms with E-state index in [0.29, 0.717) is 19.5 Å². The van der Waals surface area contributed by atoms with E-state index in [0.717, 1.165) is 18.4 Å². The van der Waals surface area contributed by atoms with Gasteiger partial charge in [-0.3, -0.25) is 4.79 Å². The second-order valence-corrected chi connectivity index (χ2v) is 5.12. The van der Waals surface area contributed by atoms with Crippen molar-refractivity contribution in [2.75, 3.05) is 6.54 Å². The zero-order chi connectivity index (χ0) is 14.9. The molecule has 0 atom stereocenters. The average Bonchev–Trinajstić information content (AvgIpc) is 2.53. The maximum atomic E-state index is 11.8. The van der Waals surface area contributed by atoms with Crippen LogP contribution in [0.5, 0.6) is 0 Å². The summed E-state index contributed by atoms with van der Waals surface area (Å²) in [6.45, 7) is 1.24. The molecule has 0 aliphatic carbocycles. The molecule has 3 N–H and O–H groups in total. The molecule has 0 fully saturated rings. The topological polar surface area (TPSA) is 55.1 Å². The van der Waals surface area contributed by atoms with E-state index in [4.69, 9.17) is 5.73 Å². The van der Waals surface area contributed by atoms with Gasteiger partial charge in [-0.1, -0.05) is 54.6 Å². The van der Waals surface area contributed by atoms with Gasteiger partial charge in [0.25, 0.3) is 0 Å². The van der Waals surface area contributed by atoms with Crippen molar-refractivity contribution >= 4 is 5.91 Å². The molecule has 2 aromatic carbocycles. The minimum Gasteiger partial charge on any atom is -0.352 e. The molecule has 0 aromatic heterocycles. The summed E-state index contributed by atoms with van der Waals surface area (Å²) in [5.74, 6) is 0.0879. The highest BCUT2D eigenvalue weighted by atomic mass is 16.1. The summed E-state index contributed by atoms with van der Waals surface area (Å²) in [5, 5.41) is 2.96. The first-order valence-electron chi connectivity index (χ1n) is 7.36. The number of hydrogen-bond donors (Lipinski definition) is 2. The number of nitrogens with one attached hydrogen (secondary N) is 1. The van der Waals surface area contributed by atoms with E-state index in [1.807, 2.05) is 42.5 Å². The van der Waals surface area contributed by atoms with Gasteiger partial charge in [0, 0.05) is 13.0 Å². The zero-order valence-electron chi connectivity index (χ0n) is 12.2. The van der Waals surface area contributed by atoms with Crippen molar-refractivity contribution in [2.45, 2.75) is 25.8 Å². The summed E-state index contributed by atoms with van der Waals surface area (Å²) in [5.41, 5.74) is 9.06. The van der Waals surface area contributed by atoms with E-state index in [9.17, 15) is 4.79 Å². The van der Waals surface area contributed by atoms with Gasteiger partial charge in [-0.05, 0) is 36.1 Å². The first-order chi connectivity index (χ1) is 10.3. The second kappa shape index (κ2) is 8.22. The van der Waals surface area contributed by atoms with Crippen LogP contribution < -0.4 is 11.1 Å². The maximum Gasteiger partial charge on any atom is 0.220 e. The van der Waals surface area contributed by atoms with Crippen LogP contribution in [0.3, 0.4) is 0 Å². The number of rotatable bonds is 7. The Bertz CT molecular complexity index is 549. The molecule has 0 radical (unpaired) electrons. The third-order valence-electron chi connectivity index (χ3n) is 3.43. The first kappa shape index (κ1) is 15.3. The van der Waals surface area contributed by atoms with E-state index < -0.39 is 0 Å². The summed E-state index contributed by atoms with van der Waals surface area (Å²) in [6, 6.07) is 18.3. The van der Waals surface area contributed by atoms with Crippen LogP contribution >= 0.6 is 0 Å². The van der Waals surface area contributed by atoms with Gasteiger partial charge < -0.3 is 11.1 Å². The van der Waals surface area contributed by atoms with Crippen LogP contribution in [0.4, 0.5) is 0 Å². The molecule has 0 aliphatic rings. The molecule has 0 aliphatic heterocycles. The Morgan fingerprint density at radius 1 is 0.857 bits per heavy atom. The summed E-state index contributed by atoms with van der Waals surface area (Å²) in [7, 11) is 0. The molecule has 0 saturated heterocycles.